The molecule has 2 aromatic carbocycles. The van der Waals surface area contributed by atoms with Crippen LogP contribution in [0.3, 0.4) is 0 Å². The molecule has 9 nitrogen and oxygen atoms in total. The standard InChI is InChI=1S/C23H20ClN3O6/c1-23(2)11-19-22(20(28)12-23)16(13-3-6-15(7-4-13)26(30)31)10-21(29)25(19)17-8-5-14(24)9-18(17)27(32)33/h3-9,16H,10-12H2,1-2H3. The summed E-state index contributed by atoms with van der Waals surface area (Å²) in [5.74, 6) is -1.12. The Bertz CT molecular complexity index is 1240. The molecule has 0 N–H and O–H groups in total. The molecule has 1 aliphatic carbocycles. The average Bonchev–Trinajstić information content (AvgIpc) is 2.72. The summed E-state index contributed by atoms with van der Waals surface area (Å²) in [6, 6.07) is 9.85. The maximum Gasteiger partial charge on any atom is 0.294 e. The summed E-state index contributed by atoms with van der Waals surface area (Å²) in [6.07, 6.45) is 0.533. The smallest absolute Gasteiger partial charge is 0.294 e. The van der Waals surface area contributed by atoms with Gasteiger partial charge >= 0.3 is 0 Å². The second-order valence-electron chi connectivity index (χ2n) is 9.03. The van der Waals surface area contributed by atoms with Crippen LogP contribution in [0.4, 0.5) is 17.1 Å². The number of benzene rings is 2. The first-order chi connectivity index (χ1) is 15.5. The molecule has 0 aromatic heterocycles. The SMILES string of the molecule is CC1(C)CC(=O)C2=C(C1)N(c1ccc(Cl)cc1[N+](=O)[O-])C(=O)CC2c1ccc([N+](=O)[O-])cc1. The van der Waals surface area contributed by atoms with E-state index >= 15 is 0 Å². The van der Waals surface area contributed by atoms with E-state index in [4.69, 9.17) is 11.6 Å². The van der Waals surface area contributed by atoms with Crippen LogP contribution in [0.1, 0.15) is 44.6 Å². The van der Waals surface area contributed by atoms with Crippen molar-refractivity contribution in [2.75, 3.05) is 4.90 Å². The number of carbonyl (C=O) groups excluding carboxylic acids is 2. The Labute approximate surface area is 193 Å². The monoisotopic (exact) mass is 469 g/mol. The predicted molar refractivity (Wildman–Crippen MR) is 121 cm³/mol. The molecule has 1 unspecified atom stereocenters. The number of hydrogen-bond acceptors (Lipinski definition) is 6. The number of nitrogens with zero attached hydrogens (tertiary/aromatic N) is 3. The first kappa shape index (κ1) is 22.6. The van der Waals surface area contributed by atoms with Crippen LogP contribution in [0, 0.1) is 25.6 Å². The molecule has 0 saturated heterocycles. The molecule has 1 amide bonds. The number of anilines is 1. The molecular formula is C23H20ClN3O6. The zero-order valence-electron chi connectivity index (χ0n) is 17.9. The number of nitro benzene ring substituents is 2. The number of ketones is 1. The van der Waals surface area contributed by atoms with Crippen molar-refractivity contribution >= 4 is 40.4 Å². The predicted octanol–water partition coefficient (Wildman–Crippen LogP) is 5.32. The lowest BCUT2D eigenvalue weighted by Gasteiger charge is -2.42. The molecule has 2 aliphatic rings. The number of non-ortho nitro benzene ring substituents is 1. The number of allylic oxidation sites excluding steroid dienone is 2. The van der Waals surface area contributed by atoms with Crippen LogP contribution in [0.5, 0.6) is 0 Å². The van der Waals surface area contributed by atoms with Gasteiger partial charge in [0.1, 0.15) is 5.69 Å². The number of halogens is 1. The van der Waals surface area contributed by atoms with E-state index in [-0.39, 0.29) is 40.7 Å². The van der Waals surface area contributed by atoms with Crippen molar-refractivity contribution in [2.45, 2.75) is 39.0 Å². The van der Waals surface area contributed by atoms with Gasteiger partial charge in [0, 0.05) is 53.3 Å². The highest BCUT2D eigenvalue weighted by molar-refractivity contribution is 6.31. The van der Waals surface area contributed by atoms with Gasteiger partial charge in [-0.25, -0.2) is 0 Å². The minimum Gasteiger partial charge on any atom is -0.294 e. The lowest BCUT2D eigenvalue weighted by atomic mass is 9.69. The van der Waals surface area contributed by atoms with Gasteiger partial charge < -0.3 is 0 Å². The maximum absolute atomic E-state index is 13.4. The Kier molecular flexibility index (Phi) is 5.53. The van der Waals surface area contributed by atoms with Crippen molar-refractivity contribution in [1.29, 1.82) is 0 Å². The summed E-state index contributed by atoms with van der Waals surface area (Å²) in [4.78, 5) is 49.6. The molecule has 0 radical (unpaired) electrons. The van der Waals surface area contributed by atoms with Crippen molar-refractivity contribution in [3.8, 4) is 0 Å². The van der Waals surface area contributed by atoms with Gasteiger partial charge in [-0.3, -0.25) is 34.7 Å². The van der Waals surface area contributed by atoms with Crippen molar-refractivity contribution in [3.63, 3.8) is 0 Å². The number of carbonyl (C=O) groups is 2. The minimum atomic E-state index is -0.604. The molecule has 4 rings (SSSR count). The highest BCUT2D eigenvalue weighted by Crippen LogP contribution is 2.49. The first-order valence-electron chi connectivity index (χ1n) is 10.3. The minimum absolute atomic E-state index is 0.0644. The molecule has 10 heteroatoms. The molecule has 170 valence electrons. The normalized spacial score (nSPS) is 20.0. The van der Waals surface area contributed by atoms with E-state index in [1.807, 2.05) is 13.8 Å². The van der Waals surface area contributed by atoms with E-state index in [0.717, 1.165) is 0 Å². The fourth-order valence-electron chi connectivity index (χ4n) is 4.64. The lowest BCUT2D eigenvalue weighted by molar-refractivity contribution is -0.384. The van der Waals surface area contributed by atoms with Gasteiger partial charge in [-0.15, -0.1) is 0 Å². The van der Waals surface area contributed by atoms with E-state index in [0.29, 0.717) is 23.3 Å². The molecule has 0 fully saturated rings. The maximum atomic E-state index is 13.4. The second-order valence-corrected chi connectivity index (χ2v) is 9.46. The number of Topliss-reactive ketones (excluding diaryl/α,β-unsaturated/α-hetero) is 1. The number of amides is 1. The van der Waals surface area contributed by atoms with Crippen LogP contribution in [0.15, 0.2) is 53.7 Å². The van der Waals surface area contributed by atoms with Crippen LogP contribution < -0.4 is 4.90 Å². The third-order valence-corrected chi connectivity index (χ3v) is 6.26. The van der Waals surface area contributed by atoms with Crippen LogP contribution in [-0.2, 0) is 9.59 Å². The van der Waals surface area contributed by atoms with Crippen LogP contribution in [0.25, 0.3) is 0 Å². The van der Waals surface area contributed by atoms with Crippen molar-refractivity contribution in [1.82, 2.24) is 0 Å². The quantitative estimate of drug-likeness (QED) is 0.441. The van der Waals surface area contributed by atoms with Gasteiger partial charge in [-0.05, 0) is 29.5 Å². The van der Waals surface area contributed by atoms with E-state index < -0.39 is 27.1 Å². The molecule has 0 saturated carbocycles. The van der Waals surface area contributed by atoms with Crippen LogP contribution >= 0.6 is 11.6 Å². The second kappa shape index (κ2) is 8.08. The summed E-state index contributed by atoms with van der Waals surface area (Å²) >= 11 is 5.96. The molecular weight excluding hydrogens is 450 g/mol. The number of rotatable bonds is 4. The van der Waals surface area contributed by atoms with Crippen molar-refractivity contribution in [3.05, 3.63) is 84.5 Å². The highest BCUT2D eigenvalue weighted by atomic mass is 35.5. The van der Waals surface area contributed by atoms with Gasteiger partial charge in [-0.1, -0.05) is 37.6 Å². The summed E-state index contributed by atoms with van der Waals surface area (Å²) in [6.45, 7) is 3.81. The Hall–Kier alpha value is -3.59. The van der Waals surface area contributed by atoms with Gasteiger partial charge in [0.25, 0.3) is 11.4 Å². The summed E-state index contributed by atoms with van der Waals surface area (Å²) in [5, 5.41) is 22.9. The first-order valence-corrected chi connectivity index (χ1v) is 10.6. The van der Waals surface area contributed by atoms with Crippen molar-refractivity contribution < 1.29 is 19.4 Å². The average molecular weight is 470 g/mol. The third-order valence-electron chi connectivity index (χ3n) is 6.02. The molecule has 1 heterocycles. The third kappa shape index (κ3) is 4.11. The van der Waals surface area contributed by atoms with Gasteiger partial charge in [0.2, 0.25) is 5.91 Å². The van der Waals surface area contributed by atoms with E-state index in [1.165, 1.54) is 35.2 Å². The summed E-state index contributed by atoms with van der Waals surface area (Å²) in [5.41, 5.74) is 0.659. The molecule has 1 aliphatic heterocycles. The molecule has 0 bridgehead atoms. The zero-order valence-corrected chi connectivity index (χ0v) is 18.7. The molecule has 0 spiro atoms. The Balaban J connectivity index is 1.91. The molecule has 2 aromatic rings. The Morgan fingerprint density at radius 1 is 1.00 bits per heavy atom. The van der Waals surface area contributed by atoms with Crippen LogP contribution in [0.2, 0.25) is 5.02 Å². The van der Waals surface area contributed by atoms with Gasteiger partial charge in [0.15, 0.2) is 5.78 Å². The Morgan fingerprint density at radius 3 is 2.27 bits per heavy atom. The Morgan fingerprint density at radius 2 is 1.67 bits per heavy atom. The zero-order chi connectivity index (χ0) is 24.1. The van der Waals surface area contributed by atoms with Crippen molar-refractivity contribution in [2.24, 2.45) is 5.41 Å². The fourth-order valence-corrected chi connectivity index (χ4v) is 4.81. The van der Waals surface area contributed by atoms with Crippen LogP contribution in [-0.4, -0.2) is 21.5 Å². The highest BCUT2D eigenvalue weighted by Gasteiger charge is 2.45. The number of nitro groups is 2. The summed E-state index contributed by atoms with van der Waals surface area (Å²) < 4.78 is 0. The fraction of sp³-hybridized carbons (Fsp3) is 0.304. The number of hydrogen-bond donors (Lipinski definition) is 0. The van der Waals surface area contributed by atoms with E-state index in [2.05, 4.69) is 0 Å². The lowest BCUT2D eigenvalue weighted by Crippen LogP contribution is -2.44. The van der Waals surface area contributed by atoms with E-state index in [9.17, 15) is 29.8 Å². The molecule has 33 heavy (non-hydrogen) atoms. The van der Waals surface area contributed by atoms with Gasteiger partial charge in [-0.2, -0.15) is 0 Å². The van der Waals surface area contributed by atoms with Gasteiger partial charge in [0.05, 0.1) is 9.85 Å². The topological polar surface area (TPSA) is 124 Å². The summed E-state index contributed by atoms with van der Waals surface area (Å²) in [7, 11) is 0. The molecule has 1 atom stereocenters. The van der Waals surface area contributed by atoms with E-state index in [1.54, 1.807) is 12.1 Å². The largest absolute Gasteiger partial charge is 0.294 e.